The van der Waals surface area contributed by atoms with Crippen LogP contribution in [0.15, 0.2) is 0 Å². The van der Waals surface area contributed by atoms with E-state index in [0.29, 0.717) is 12.8 Å². The fourth-order valence-electron chi connectivity index (χ4n) is 2.91. The maximum absolute atomic E-state index is 10.7. The van der Waals surface area contributed by atoms with Gasteiger partial charge in [0.05, 0.1) is 18.8 Å². The van der Waals surface area contributed by atoms with Crippen LogP contribution in [0.1, 0.15) is 12.8 Å². The number of aliphatic hydroxyl groups is 4. The van der Waals surface area contributed by atoms with Gasteiger partial charge in [0.1, 0.15) is 24.4 Å². The molecule has 6 unspecified atom stereocenters. The summed E-state index contributed by atoms with van der Waals surface area (Å²) in [5, 5.41) is 38.8. The molecule has 0 amide bonds. The molecule has 0 aromatic rings. The Bertz CT molecular complexity index is 435. The molecule has 5 N–H and O–H groups in total. The standard InChI is InChI=1S/C11H19O9P/c12-1-5-8(20-21(16)17)6(13)7(14)9(19-5)18-4-10-2-11(10,15)3-10/h5-9,12-15,21H,1-4H2,(H,16,17). The quantitative estimate of drug-likeness (QED) is 0.341. The number of hydrogen-bond acceptors (Lipinski definition) is 8. The van der Waals surface area contributed by atoms with E-state index in [1.54, 1.807) is 0 Å². The molecule has 0 spiro atoms. The number of fused-ring (bicyclic) bond motifs is 1. The van der Waals surface area contributed by atoms with Gasteiger partial charge in [0, 0.05) is 5.41 Å². The summed E-state index contributed by atoms with van der Waals surface area (Å²) >= 11 is 0. The number of aliphatic hydroxyl groups excluding tert-OH is 3. The van der Waals surface area contributed by atoms with Crippen LogP contribution >= 0.6 is 8.25 Å². The van der Waals surface area contributed by atoms with Gasteiger partial charge < -0.3 is 39.3 Å². The Kier molecular flexibility index (Phi) is 3.93. The van der Waals surface area contributed by atoms with Crippen molar-refractivity contribution in [3.8, 4) is 0 Å². The second kappa shape index (κ2) is 5.23. The molecule has 3 fully saturated rings. The van der Waals surface area contributed by atoms with Crippen molar-refractivity contribution in [3.05, 3.63) is 0 Å². The molecule has 21 heavy (non-hydrogen) atoms. The van der Waals surface area contributed by atoms with E-state index < -0.39 is 51.2 Å². The highest BCUT2D eigenvalue weighted by molar-refractivity contribution is 7.32. The lowest BCUT2D eigenvalue weighted by atomic mass is 9.99. The van der Waals surface area contributed by atoms with Gasteiger partial charge in [-0.1, -0.05) is 0 Å². The Morgan fingerprint density at radius 1 is 1.29 bits per heavy atom. The van der Waals surface area contributed by atoms with Crippen molar-refractivity contribution >= 4 is 8.25 Å². The lowest BCUT2D eigenvalue weighted by Crippen LogP contribution is -2.59. The van der Waals surface area contributed by atoms with Crippen molar-refractivity contribution in [2.45, 2.75) is 49.1 Å². The first kappa shape index (κ1) is 15.8. The van der Waals surface area contributed by atoms with Gasteiger partial charge in [-0.15, -0.1) is 0 Å². The van der Waals surface area contributed by atoms with Crippen molar-refractivity contribution in [2.24, 2.45) is 5.41 Å². The molecule has 2 saturated carbocycles. The molecule has 0 aromatic carbocycles. The summed E-state index contributed by atoms with van der Waals surface area (Å²) in [6.45, 7) is -0.392. The second-order valence-electron chi connectivity index (χ2n) is 6.03. The van der Waals surface area contributed by atoms with Crippen LogP contribution in [0.5, 0.6) is 0 Å². The molecule has 6 atom stereocenters. The van der Waals surface area contributed by atoms with Crippen molar-refractivity contribution in [1.29, 1.82) is 0 Å². The summed E-state index contributed by atoms with van der Waals surface area (Å²) in [5.74, 6) is 0. The fourth-order valence-corrected chi connectivity index (χ4v) is 3.43. The van der Waals surface area contributed by atoms with Crippen molar-refractivity contribution in [3.63, 3.8) is 0 Å². The molecule has 1 saturated heterocycles. The predicted molar refractivity (Wildman–Crippen MR) is 66.4 cm³/mol. The van der Waals surface area contributed by atoms with Gasteiger partial charge in [0.2, 0.25) is 0 Å². The maximum Gasteiger partial charge on any atom is 0.317 e. The molecule has 3 rings (SSSR count). The first-order chi connectivity index (χ1) is 9.82. The topological polar surface area (TPSA) is 146 Å². The summed E-state index contributed by atoms with van der Waals surface area (Å²) in [7, 11) is -3.36. The normalized spacial score (nSPS) is 53.1. The highest BCUT2D eigenvalue weighted by Gasteiger charge is 2.83. The molecular formula is C11H19O9P. The van der Waals surface area contributed by atoms with Gasteiger partial charge in [-0.25, -0.2) is 0 Å². The highest BCUT2D eigenvalue weighted by atomic mass is 31.1. The molecule has 0 aromatic heterocycles. The first-order valence-corrected chi connectivity index (χ1v) is 7.94. The largest absolute Gasteiger partial charge is 0.394 e. The molecule has 0 radical (unpaired) electrons. The zero-order valence-electron chi connectivity index (χ0n) is 11.1. The predicted octanol–water partition coefficient (Wildman–Crippen LogP) is -2.27. The van der Waals surface area contributed by atoms with Gasteiger partial charge in [-0.2, -0.15) is 0 Å². The van der Waals surface area contributed by atoms with Crippen molar-refractivity contribution in [1.82, 2.24) is 0 Å². The van der Waals surface area contributed by atoms with E-state index in [9.17, 15) is 25.0 Å². The molecule has 9 nitrogen and oxygen atoms in total. The molecular weight excluding hydrogens is 307 g/mol. The minimum Gasteiger partial charge on any atom is -0.394 e. The van der Waals surface area contributed by atoms with Crippen LogP contribution in [0.2, 0.25) is 0 Å². The van der Waals surface area contributed by atoms with E-state index in [2.05, 4.69) is 4.52 Å². The van der Waals surface area contributed by atoms with E-state index in [1.807, 2.05) is 0 Å². The Balaban J connectivity index is 1.60. The Labute approximate surface area is 121 Å². The van der Waals surface area contributed by atoms with Crippen LogP contribution in [0.4, 0.5) is 0 Å². The van der Waals surface area contributed by atoms with E-state index in [1.165, 1.54) is 0 Å². The average molecular weight is 326 g/mol. The van der Waals surface area contributed by atoms with Crippen LogP contribution in [0.3, 0.4) is 0 Å². The van der Waals surface area contributed by atoms with Crippen molar-refractivity contribution < 1.29 is 43.9 Å². The van der Waals surface area contributed by atoms with Crippen LogP contribution in [0, 0.1) is 5.41 Å². The van der Waals surface area contributed by atoms with Gasteiger partial charge in [0.15, 0.2) is 6.29 Å². The molecule has 0 bridgehead atoms. The van der Waals surface area contributed by atoms with E-state index in [0.717, 1.165) is 0 Å². The van der Waals surface area contributed by atoms with Crippen molar-refractivity contribution in [2.75, 3.05) is 13.2 Å². The Hall–Kier alpha value is -0.0900. The summed E-state index contributed by atoms with van der Waals surface area (Å²) in [5.41, 5.74) is -0.913. The smallest absolute Gasteiger partial charge is 0.317 e. The highest BCUT2D eigenvalue weighted by Crippen LogP contribution is 2.78. The number of rotatable bonds is 6. The average Bonchev–Trinajstić information content (AvgIpc) is 3.18. The van der Waals surface area contributed by atoms with E-state index in [4.69, 9.17) is 14.4 Å². The molecule has 1 aliphatic heterocycles. The third kappa shape index (κ3) is 2.67. The SMILES string of the molecule is O=[PH](O)OC1C(CO)OC(OCC23CC2(O)C3)C(O)C1O. The van der Waals surface area contributed by atoms with Crippen LogP contribution in [-0.2, 0) is 18.6 Å². The maximum atomic E-state index is 10.7. The fraction of sp³-hybridized carbons (Fsp3) is 1.00. The van der Waals surface area contributed by atoms with Crippen LogP contribution in [-0.4, -0.2) is 74.8 Å². The Morgan fingerprint density at radius 2 is 1.90 bits per heavy atom. The third-order valence-corrected chi connectivity index (χ3v) is 5.05. The van der Waals surface area contributed by atoms with Crippen LogP contribution in [0.25, 0.3) is 0 Å². The lowest BCUT2D eigenvalue weighted by molar-refractivity contribution is -0.299. The number of ether oxygens (including phenoxy) is 2. The molecule has 10 heteroatoms. The third-order valence-electron chi connectivity index (χ3n) is 4.58. The monoisotopic (exact) mass is 326 g/mol. The Morgan fingerprint density at radius 3 is 2.38 bits per heavy atom. The zero-order chi connectivity index (χ0) is 15.4. The lowest BCUT2D eigenvalue weighted by Gasteiger charge is -2.41. The number of hydrogen-bond donors (Lipinski definition) is 5. The summed E-state index contributed by atoms with van der Waals surface area (Å²) < 4.78 is 26.0. The zero-order valence-corrected chi connectivity index (χ0v) is 12.1. The molecule has 3 aliphatic rings. The molecule has 1 heterocycles. The summed E-state index contributed by atoms with van der Waals surface area (Å²) in [6.07, 6.45) is -5.33. The van der Waals surface area contributed by atoms with Gasteiger partial charge in [-0.3, -0.25) is 4.57 Å². The van der Waals surface area contributed by atoms with E-state index in [-0.39, 0.29) is 12.0 Å². The van der Waals surface area contributed by atoms with Crippen LogP contribution < -0.4 is 0 Å². The van der Waals surface area contributed by atoms with Gasteiger partial charge >= 0.3 is 8.25 Å². The first-order valence-electron chi connectivity index (χ1n) is 6.68. The van der Waals surface area contributed by atoms with Gasteiger partial charge in [-0.05, 0) is 12.8 Å². The molecule has 122 valence electrons. The summed E-state index contributed by atoms with van der Waals surface area (Å²) in [4.78, 5) is 8.78. The minimum absolute atomic E-state index is 0.179. The van der Waals surface area contributed by atoms with Gasteiger partial charge in [0.25, 0.3) is 0 Å². The molecule has 2 aliphatic carbocycles. The summed E-state index contributed by atoms with van der Waals surface area (Å²) in [6, 6.07) is 0. The minimum atomic E-state index is -3.36. The van der Waals surface area contributed by atoms with E-state index >= 15 is 0 Å². The second-order valence-corrected chi connectivity index (χ2v) is 6.80.